The highest BCUT2D eigenvalue weighted by Crippen LogP contribution is 2.28. The number of nitrogens with zero attached hydrogens (tertiary/aromatic N) is 2. The van der Waals surface area contributed by atoms with Crippen molar-refractivity contribution < 1.29 is 14.5 Å². The number of carbonyl (C=O) groups excluding carboxylic acids is 1. The Morgan fingerprint density at radius 2 is 2.14 bits per heavy atom. The average molecular weight is 308 g/mol. The van der Waals surface area contributed by atoms with Crippen LogP contribution in [0, 0.1) is 10.1 Å². The second-order valence-electron chi connectivity index (χ2n) is 3.94. The molecule has 7 nitrogen and oxygen atoms in total. The summed E-state index contributed by atoms with van der Waals surface area (Å²) in [6, 6.07) is 7.28. The van der Waals surface area contributed by atoms with E-state index in [2.05, 4.69) is 10.3 Å². The van der Waals surface area contributed by atoms with Crippen molar-refractivity contribution in [2.24, 2.45) is 0 Å². The summed E-state index contributed by atoms with van der Waals surface area (Å²) >= 11 is 5.76. The van der Waals surface area contributed by atoms with Gasteiger partial charge in [0.15, 0.2) is 0 Å². The highest BCUT2D eigenvalue weighted by molar-refractivity contribution is 6.33. The quantitative estimate of drug-likeness (QED) is 0.692. The zero-order valence-electron chi connectivity index (χ0n) is 10.9. The van der Waals surface area contributed by atoms with Crippen LogP contribution in [0.15, 0.2) is 36.5 Å². The van der Waals surface area contributed by atoms with E-state index >= 15 is 0 Å². The summed E-state index contributed by atoms with van der Waals surface area (Å²) in [5.41, 5.74) is -0.170. The lowest BCUT2D eigenvalue weighted by Gasteiger charge is -2.07. The van der Waals surface area contributed by atoms with E-state index < -0.39 is 16.5 Å². The van der Waals surface area contributed by atoms with Gasteiger partial charge in [-0.05, 0) is 18.2 Å². The molecule has 1 heterocycles. The predicted octanol–water partition coefficient (Wildman–Crippen LogP) is 2.90. The Morgan fingerprint density at radius 3 is 2.71 bits per heavy atom. The zero-order chi connectivity index (χ0) is 15.4. The van der Waals surface area contributed by atoms with Crippen LogP contribution in [0.4, 0.5) is 11.4 Å². The lowest BCUT2D eigenvalue weighted by atomic mass is 10.1. The van der Waals surface area contributed by atoms with Gasteiger partial charge in [0.25, 0.3) is 5.91 Å². The molecule has 0 fully saturated rings. The number of halogens is 1. The topological polar surface area (TPSA) is 94.4 Å². The summed E-state index contributed by atoms with van der Waals surface area (Å²) < 4.78 is 4.89. The molecule has 0 saturated heterocycles. The first-order valence-corrected chi connectivity index (χ1v) is 6.15. The van der Waals surface area contributed by atoms with Crippen molar-refractivity contribution >= 4 is 28.9 Å². The third-order valence-electron chi connectivity index (χ3n) is 2.62. The van der Waals surface area contributed by atoms with Crippen LogP contribution in [0.1, 0.15) is 10.4 Å². The number of hydrogen-bond donors (Lipinski definition) is 1. The Hall–Kier alpha value is -2.67. The first kappa shape index (κ1) is 14.7. The van der Waals surface area contributed by atoms with Crippen molar-refractivity contribution in [2.45, 2.75) is 0 Å². The van der Waals surface area contributed by atoms with Crippen molar-refractivity contribution in [1.82, 2.24) is 4.98 Å². The Labute approximate surface area is 124 Å². The molecule has 0 bridgehead atoms. The van der Waals surface area contributed by atoms with Crippen LogP contribution in [0.2, 0.25) is 5.02 Å². The summed E-state index contributed by atoms with van der Waals surface area (Å²) in [5, 5.41) is 13.4. The van der Waals surface area contributed by atoms with E-state index in [-0.39, 0.29) is 10.6 Å². The fourth-order valence-corrected chi connectivity index (χ4v) is 1.90. The van der Waals surface area contributed by atoms with E-state index in [1.807, 2.05) is 0 Å². The molecule has 108 valence electrons. The normalized spacial score (nSPS) is 10.0. The maximum atomic E-state index is 12.1. The monoisotopic (exact) mass is 307 g/mol. The number of aromatic nitrogens is 1. The Balaban J connectivity index is 2.28. The molecule has 1 aromatic carbocycles. The standard InChI is InChI=1S/C13H10ClN3O4/c1-21-11-6-5-8(7-15-11)16-13(18)9-3-2-4-10(14)12(9)17(19)20/h2-7H,1H3,(H,16,18). The van der Waals surface area contributed by atoms with Gasteiger partial charge < -0.3 is 10.1 Å². The zero-order valence-corrected chi connectivity index (χ0v) is 11.6. The van der Waals surface area contributed by atoms with Crippen LogP contribution < -0.4 is 10.1 Å². The van der Waals surface area contributed by atoms with Crippen molar-refractivity contribution in [3.8, 4) is 5.88 Å². The number of methoxy groups -OCH3 is 1. The predicted molar refractivity (Wildman–Crippen MR) is 76.8 cm³/mol. The van der Waals surface area contributed by atoms with Crippen molar-refractivity contribution in [2.75, 3.05) is 12.4 Å². The molecule has 0 radical (unpaired) electrons. The van der Waals surface area contributed by atoms with Gasteiger partial charge in [0.1, 0.15) is 10.6 Å². The third-order valence-corrected chi connectivity index (χ3v) is 2.92. The number of nitro benzene ring substituents is 1. The molecule has 0 atom stereocenters. The first-order valence-electron chi connectivity index (χ1n) is 5.77. The molecule has 0 spiro atoms. The Kier molecular flexibility index (Phi) is 4.34. The highest BCUT2D eigenvalue weighted by Gasteiger charge is 2.23. The number of hydrogen-bond acceptors (Lipinski definition) is 5. The summed E-state index contributed by atoms with van der Waals surface area (Å²) in [4.78, 5) is 26.3. The van der Waals surface area contributed by atoms with E-state index in [4.69, 9.17) is 16.3 Å². The molecule has 0 aliphatic carbocycles. The van der Waals surface area contributed by atoms with Gasteiger partial charge in [0, 0.05) is 6.07 Å². The van der Waals surface area contributed by atoms with Crippen molar-refractivity contribution in [1.29, 1.82) is 0 Å². The molecule has 0 unspecified atom stereocenters. The van der Waals surface area contributed by atoms with Crippen LogP contribution in [-0.4, -0.2) is 22.9 Å². The molecule has 2 aromatic rings. The number of benzene rings is 1. The fraction of sp³-hybridized carbons (Fsp3) is 0.0769. The summed E-state index contributed by atoms with van der Waals surface area (Å²) in [6.45, 7) is 0. The number of nitrogens with one attached hydrogen (secondary N) is 1. The second-order valence-corrected chi connectivity index (χ2v) is 4.34. The lowest BCUT2D eigenvalue weighted by Crippen LogP contribution is -2.14. The largest absolute Gasteiger partial charge is 0.481 e. The second kappa shape index (κ2) is 6.19. The molecular weight excluding hydrogens is 298 g/mol. The van der Waals surface area contributed by atoms with Gasteiger partial charge >= 0.3 is 5.69 Å². The van der Waals surface area contributed by atoms with Gasteiger partial charge in [-0.2, -0.15) is 0 Å². The minimum absolute atomic E-state index is 0.0968. The van der Waals surface area contributed by atoms with Crippen LogP contribution in [0.3, 0.4) is 0 Å². The molecule has 21 heavy (non-hydrogen) atoms. The third kappa shape index (κ3) is 3.26. The Morgan fingerprint density at radius 1 is 1.38 bits per heavy atom. The average Bonchev–Trinajstić information content (AvgIpc) is 2.47. The maximum absolute atomic E-state index is 12.1. The molecule has 1 aromatic heterocycles. The lowest BCUT2D eigenvalue weighted by molar-refractivity contribution is -0.385. The van der Waals surface area contributed by atoms with Gasteiger partial charge in [-0.1, -0.05) is 17.7 Å². The van der Waals surface area contributed by atoms with Crippen LogP contribution in [0.25, 0.3) is 0 Å². The van der Waals surface area contributed by atoms with Crippen molar-refractivity contribution in [3.05, 3.63) is 57.2 Å². The van der Waals surface area contributed by atoms with Gasteiger partial charge in [-0.3, -0.25) is 14.9 Å². The van der Waals surface area contributed by atoms with Crippen LogP contribution in [0.5, 0.6) is 5.88 Å². The number of amides is 1. The molecule has 8 heteroatoms. The Bertz CT molecular complexity index is 688. The van der Waals surface area contributed by atoms with Crippen LogP contribution in [-0.2, 0) is 0 Å². The molecular formula is C13H10ClN3O4. The van der Waals surface area contributed by atoms with E-state index in [1.165, 1.54) is 31.5 Å². The van der Waals surface area contributed by atoms with Gasteiger partial charge in [0.2, 0.25) is 5.88 Å². The fourth-order valence-electron chi connectivity index (χ4n) is 1.66. The number of anilines is 1. The molecule has 0 aliphatic rings. The summed E-state index contributed by atoms with van der Waals surface area (Å²) in [7, 11) is 1.47. The first-order chi connectivity index (χ1) is 10.0. The number of carbonyl (C=O) groups is 1. The smallest absolute Gasteiger partial charge is 0.300 e. The van der Waals surface area contributed by atoms with Gasteiger partial charge in [0.05, 0.1) is 23.9 Å². The van der Waals surface area contributed by atoms with E-state index in [1.54, 1.807) is 12.1 Å². The van der Waals surface area contributed by atoms with Gasteiger partial charge in [-0.15, -0.1) is 0 Å². The summed E-state index contributed by atoms with van der Waals surface area (Å²) in [6.07, 6.45) is 1.38. The number of ether oxygens (including phenoxy) is 1. The van der Waals surface area contributed by atoms with E-state index in [0.29, 0.717) is 11.6 Å². The highest BCUT2D eigenvalue weighted by atomic mass is 35.5. The maximum Gasteiger partial charge on any atom is 0.300 e. The number of rotatable bonds is 4. The SMILES string of the molecule is COc1ccc(NC(=O)c2cccc(Cl)c2[N+](=O)[O-])cn1. The molecule has 1 N–H and O–H groups in total. The van der Waals surface area contributed by atoms with E-state index in [9.17, 15) is 14.9 Å². The molecule has 0 aliphatic heterocycles. The molecule has 2 rings (SSSR count). The van der Waals surface area contributed by atoms with Crippen molar-refractivity contribution in [3.63, 3.8) is 0 Å². The molecule has 1 amide bonds. The van der Waals surface area contributed by atoms with Crippen LogP contribution >= 0.6 is 11.6 Å². The van der Waals surface area contributed by atoms with E-state index in [0.717, 1.165) is 0 Å². The number of para-hydroxylation sites is 1. The van der Waals surface area contributed by atoms with Gasteiger partial charge in [-0.25, -0.2) is 4.98 Å². The molecule has 0 saturated carbocycles. The summed E-state index contributed by atoms with van der Waals surface area (Å²) in [5.74, 6) is -0.252. The number of nitro groups is 1. The number of pyridine rings is 1. The minimum Gasteiger partial charge on any atom is -0.481 e. The minimum atomic E-state index is -0.691.